The van der Waals surface area contributed by atoms with Crippen molar-refractivity contribution < 1.29 is 13.9 Å². The molecular weight excluding hydrogens is 197 g/mol. The zero-order valence-corrected chi connectivity index (χ0v) is 8.84. The lowest BCUT2D eigenvalue weighted by Crippen LogP contribution is -2.05. The Morgan fingerprint density at radius 2 is 2.13 bits per heavy atom. The van der Waals surface area contributed by atoms with Gasteiger partial charge in [-0.3, -0.25) is 0 Å². The summed E-state index contributed by atoms with van der Waals surface area (Å²) in [5.74, 6) is 0.0796. The van der Waals surface area contributed by atoms with Crippen LogP contribution in [0.15, 0.2) is 24.9 Å². The second kappa shape index (κ2) is 5.24. The van der Waals surface area contributed by atoms with Gasteiger partial charge in [-0.15, -0.1) is 0 Å². The molecule has 0 aliphatic heterocycles. The molecule has 1 rings (SSSR count). The lowest BCUT2D eigenvalue weighted by molar-refractivity contribution is 0.337. The quantitative estimate of drug-likeness (QED) is 0.808. The van der Waals surface area contributed by atoms with E-state index in [-0.39, 0.29) is 5.75 Å². The van der Waals surface area contributed by atoms with E-state index >= 15 is 0 Å². The molecule has 1 aromatic carbocycles. The molecule has 0 radical (unpaired) electrons. The van der Waals surface area contributed by atoms with Crippen molar-refractivity contribution in [1.82, 2.24) is 5.32 Å². The van der Waals surface area contributed by atoms with Gasteiger partial charge in [-0.2, -0.15) is 0 Å². The molecule has 0 spiro atoms. The fraction of sp³-hybridized carbons (Fsp3) is 0.273. The van der Waals surface area contributed by atoms with Gasteiger partial charge in [0.15, 0.2) is 17.3 Å². The molecule has 0 heterocycles. The normalized spacial score (nSPS) is 9.53. The molecule has 3 nitrogen and oxygen atoms in total. The zero-order valence-electron chi connectivity index (χ0n) is 8.84. The van der Waals surface area contributed by atoms with E-state index in [4.69, 9.17) is 9.47 Å². The molecule has 82 valence electrons. The first-order valence-corrected chi connectivity index (χ1v) is 4.47. The van der Waals surface area contributed by atoms with Gasteiger partial charge < -0.3 is 14.8 Å². The van der Waals surface area contributed by atoms with Gasteiger partial charge in [-0.05, 0) is 23.9 Å². The molecule has 0 bridgehead atoms. The number of hydrogen-bond acceptors (Lipinski definition) is 3. The van der Waals surface area contributed by atoms with E-state index in [0.29, 0.717) is 12.3 Å². The van der Waals surface area contributed by atoms with Crippen LogP contribution in [0.25, 0.3) is 0 Å². The molecule has 0 saturated heterocycles. The molecular formula is C11H14FNO2. The molecule has 0 amide bonds. The van der Waals surface area contributed by atoms with E-state index in [1.807, 2.05) is 0 Å². The van der Waals surface area contributed by atoms with Crippen LogP contribution >= 0.6 is 0 Å². The highest BCUT2D eigenvalue weighted by Crippen LogP contribution is 2.31. The summed E-state index contributed by atoms with van der Waals surface area (Å²) < 4.78 is 23.4. The van der Waals surface area contributed by atoms with Crippen molar-refractivity contribution in [1.29, 1.82) is 0 Å². The number of rotatable bonds is 5. The highest BCUT2D eigenvalue weighted by Gasteiger charge is 2.11. The van der Waals surface area contributed by atoms with Gasteiger partial charge in [0.1, 0.15) is 0 Å². The third kappa shape index (κ3) is 2.62. The Morgan fingerprint density at radius 1 is 1.40 bits per heavy atom. The second-order valence-corrected chi connectivity index (χ2v) is 2.90. The van der Waals surface area contributed by atoms with Crippen LogP contribution in [0.3, 0.4) is 0 Å². The van der Waals surface area contributed by atoms with Crippen LogP contribution in [0, 0.1) is 5.82 Å². The van der Waals surface area contributed by atoms with E-state index in [1.54, 1.807) is 12.3 Å². The number of methoxy groups -OCH3 is 2. The van der Waals surface area contributed by atoms with Crippen LogP contribution in [0.2, 0.25) is 0 Å². The van der Waals surface area contributed by atoms with Crippen LogP contribution in [0.1, 0.15) is 5.56 Å². The maximum atomic E-state index is 13.5. The summed E-state index contributed by atoms with van der Waals surface area (Å²) in [6, 6.07) is 3.12. The van der Waals surface area contributed by atoms with E-state index in [9.17, 15) is 4.39 Å². The minimum Gasteiger partial charge on any atom is -0.493 e. The molecule has 0 atom stereocenters. The topological polar surface area (TPSA) is 30.5 Å². The summed E-state index contributed by atoms with van der Waals surface area (Å²) in [5.41, 5.74) is 0.769. The van der Waals surface area contributed by atoms with Crippen molar-refractivity contribution in [2.75, 3.05) is 14.2 Å². The van der Waals surface area contributed by atoms with Crippen molar-refractivity contribution in [2.45, 2.75) is 6.54 Å². The second-order valence-electron chi connectivity index (χ2n) is 2.90. The maximum Gasteiger partial charge on any atom is 0.196 e. The van der Waals surface area contributed by atoms with Crippen LogP contribution in [0.5, 0.6) is 11.5 Å². The summed E-state index contributed by atoms with van der Waals surface area (Å²) >= 11 is 0. The van der Waals surface area contributed by atoms with Crippen molar-refractivity contribution in [3.63, 3.8) is 0 Å². The van der Waals surface area contributed by atoms with E-state index in [1.165, 1.54) is 20.3 Å². The predicted octanol–water partition coefficient (Wildman–Crippen LogP) is 2.08. The van der Waals surface area contributed by atoms with Crippen molar-refractivity contribution in [3.8, 4) is 11.5 Å². The van der Waals surface area contributed by atoms with Crippen molar-refractivity contribution in [2.24, 2.45) is 0 Å². The van der Waals surface area contributed by atoms with Gasteiger partial charge in [0.05, 0.1) is 14.2 Å². The summed E-state index contributed by atoms with van der Waals surface area (Å²) in [6.07, 6.45) is 1.55. The minimum atomic E-state index is -0.433. The van der Waals surface area contributed by atoms with Crippen molar-refractivity contribution in [3.05, 3.63) is 36.3 Å². The lowest BCUT2D eigenvalue weighted by Gasteiger charge is -2.10. The van der Waals surface area contributed by atoms with E-state index in [2.05, 4.69) is 11.9 Å². The summed E-state index contributed by atoms with van der Waals surface area (Å²) in [7, 11) is 2.88. The standard InChI is InChI=1S/C11H14FNO2/c1-4-13-7-8-5-9(12)11(15-3)10(6-8)14-2/h4-6,13H,1,7H2,2-3H3. The molecule has 0 saturated carbocycles. The molecule has 1 aromatic rings. The lowest BCUT2D eigenvalue weighted by atomic mass is 10.2. The Labute approximate surface area is 88.5 Å². The Hall–Kier alpha value is -1.71. The fourth-order valence-electron chi connectivity index (χ4n) is 1.26. The zero-order chi connectivity index (χ0) is 11.3. The Balaban J connectivity index is 3.02. The first kappa shape index (κ1) is 11.4. The molecule has 0 fully saturated rings. The summed E-state index contributed by atoms with van der Waals surface area (Å²) in [4.78, 5) is 0. The monoisotopic (exact) mass is 211 g/mol. The third-order valence-corrected chi connectivity index (χ3v) is 1.94. The third-order valence-electron chi connectivity index (χ3n) is 1.94. The van der Waals surface area contributed by atoms with Crippen molar-refractivity contribution >= 4 is 0 Å². The SMILES string of the molecule is C=CNCc1cc(F)c(OC)c(OC)c1. The van der Waals surface area contributed by atoms with Gasteiger partial charge in [-0.1, -0.05) is 6.58 Å². The number of halogens is 1. The summed E-state index contributed by atoms with van der Waals surface area (Å²) in [5, 5.41) is 2.88. The van der Waals surface area contributed by atoms with Crippen LogP contribution in [0.4, 0.5) is 4.39 Å². The Bertz CT molecular complexity index is 353. The largest absolute Gasteiger partial charge is 0.493 e. The van der Waals surface area contributed by atoms with Gasteiger partial charge in [0.25, 0.3) is 0 Å². The molecule has 0 unspecified atom stereocenters. The number of nitrogens with one attached hydrogen (secondary N) is 1. The average Bonchev–Trinajstić information content (AvgIpc) is 2.25. The van der Waals surface area contributed by atoms with Gasteiger partial charge in [0, 0.05) is 6.54 Å². The van der Waals surface area contributed by atoms with Crippen LogP contribution < -0.4 is 14.8 Å². The van der Waals surface area contributed by atoms with E-state index < -0.39 is 5.82 Å². The first-order chi connectivity index (χ1) is 7.22. The van der Waals surface area contributed by atoms with E-state index in [0.717, 1.165) is 5.56 Å². The van der Waals surface area contributed by atoms with Gasteiger partial charge in [0.2, 0.25) is 0 Å². The van der Waals surface area contributed by atoms with Gasteiger partial charge in [-0.25, -0.2) is 4.39 Å². The first-order valence-electron chi connectivity index (χ1n) is 4.47. The molecule has 4 heteroatoms. The average molecular weight is 211 g/mol. The molecule has 0 aliphatic rings. The maximum absolute atomic E-state index is 13.5. The summed E-state index contributed by atoms with van der Waals surface area (Å²) in [6.45, 7) is 4.01. The number of hydrogen-bond donors (Lipinski definition) is 1. The van der Waals surface area contributed by atoms with Gasteiger partial charge >= 0.3 is 0 Å². The number of benzene rings is 1. The molecule has 1 N–H and O–H groups in total. The minimum absolute atomic E-state index is 0.125. The fourth-order valence-corrected chi connectivity index (χ4v) is 1.26. The molecule has 0 aliphatic carbocycles. The Kier molecular flexibility index (Phi) is 3.97. The number of ether oxygens (including phenoxy) is 2. The van der Waals surface area contributed by atoms with Crippen LogP contribution in [-0.4, -0.2) is 14.2 Å². The van der Waals surface area contributed by atoms with Crippen LogP contribution in [-0.2, 0) is 6.54 Å². The molecule has 0 aromatic heterocycles. The smallest absolute Gasteiger partial charge is 0.196 e. The molecule has 15 heavy (non-hydrogen) atoms. The highest BCUT2D eigenvalue weighted by molar-refractivity contribution is 5.44. The Morgan fingerprint density at radius 3 is 2.67 bits per heavy atom. The highest BCUT2D eigenvalue weighted by atomic mass is 19.1. The predicted molar refractivity (Wildman–Crippen MR) is 56.5 cm³/mol.